The Hall–Kier alpha value is -1.49. The molecule has 1 aromatic heterocycles. The van der Waals surface area contributed by atoms with E-state index in [-0.39, 0.29) is 5.78 Å². The van der Waals surface area contributed by atoms with Crippen molar-refractivity contribution in [3.05, 3.63) is 39.6 Å². The molecule has 0 saturated heterocycles. The van der Waals surface area contributed by atoms with Crippen LogP contribution in [0.25, 0.3) is 5.69 Å². The van der Waals surface area contributed by atoms with Crippen molar-refractivity contribution in [3.8, 4) is 5.69 Å². The third-order valence-corrected chi connectivity index (χ3v) is 3.37. The maximum Gasteiger partial charge on any atom is 0.181 e. The molecule has 0 fully saturated rings. The lowest BCUT2D eigenvalue weighted by Gasteiger charge is -2.09. The van der Waals surface area contributed by atoms with E-state index in [1.165, 1.54) is 6.92 Å². The molecule has 0 aliphatic rings. The molecule has 0 bridgehead atoms. The fourth-order valence-corrected chi connectivity index (χ4v) is 2.34. The van der Waals surface area contributed by atoms with Gasteiger partial charge in [0, 0.05) is 11.4 Å². The number of hydrogen-bond acceptors (Lipinski definition) is 3. The topological polar surface area (TPSA) is 47.8 Å². The van der Waals surface area contributed by atoms with Crippen LogP contribution in [0.2, 0.25) is 0 Å². The first-order chi connectivity index (χ1) is 8.54. The monoisotopic (exact) mass is 307 g/mol. The van der Waals surface area contributed by atoms with Crippen molar-refractivity contribution in [1.82, 2.24) is 15.0 Å². The first-order valence-electron chi connectivity index (χ1n) is 5.76. The van der Waals surface area contributed by atoms with Crippen LogP contribution in [-0.4, -0.2) is 20.8 Å². The van der Waals surface area contributed by atoms with E-state index in [9.17, 15) is 4.79 Å². The van der Waals surface area contributed by atoms with Gasteiger partial charge in [0.1, 0.15) is 0 Å². The first kappa shape index (κ1) is 13.0. The zero-order chi connectivity index (χ0) is 13.3. The van der Waals surface area contributed by atoms with Crippen LogP contribution in [-0.2, 0) is 6.42 Å². The number of hydrogen-bond donors (Lipinski definition) is 0. The van der Waals surface area contributed by atoms with Crippen LogP contribution in [0.4, 0.5) is 0 Å². The van der Waals surface area contributed by atoms with Crippen LogP contribution in [0, 0.1) is 6.92 Å². The molecule has 1 heterocycles. The Balaban J connectivity index is 2.59. The average Bonchev–Trinajstić information content (AvgIpc) is 2.71. The van der Waals surface area contributed by atoms with E-state index in [0.29, 0.717) is 5.69 Å². The molecule has 0 atom stereocenters. The number of rotatable bonds is 3. The van der Waals surface area contributed by atoms with Gasteiger partial charge in [0.05, 0.1) is 11.4 Å². The van der Waals surface area contributed by atoms with E-state index in [2.05, 4.69) is 39.2 Å². The lowest BCUT2D eigenvalue weighted by molar-refractivity contribution is 0.101. The molecule has 18 heavy (non-hydrogen) atoms. The van der Waals surface area contributed by atoms with E-state index in [1.54, 1.807) is 4.68 Å². The van der Waals surface area contributed by atoms with E-state index in [4.69, 9.17) is 0 Å². The summed E-state index contributed by atoms with van der Waals surface area (Å²) in [6, 6.07) is 6.00. The molecule has 0 saturated carbocycles. The van der Waals surface area contributed by atoms with Crippen molar-refractivity contribution in [2.24, 2.45) is 0 Å². The van der Waals surface area contributed by atoms with Crippen LogP contribution in [0.5, 0.6) is 0 Å². The van der Waals surface area contributed by atoms with Gasteiger partial charge in [-0.1, -0.05) is 28.1 Å². The van der Waals surface area contributed by atoms with Crippen LogP contribution in [0.1, 0.15) is 35.6 Å². The average molecular weight is 308 g/mol. The van der Waals surface area contributed by atoms with Crippen molar-refractivity contribution in [1.29, 1.82) is 0 Å². The van der Waals surface area contributed by atoms with Crippen LogP contribution >= 0.6 is 15.9 Å². The van der Waals surface area contributed by atoms with Gasteiger partial charge in [0.25, 0.3) is 0 Å². The predicted octanol–water partition coefficient (Wildman–Crippen LogP) is 3.10. The number of ketones is 1. The summed E-state index contributed by atoms with van der Waals surface area (Å²) in [4.78, 5) is 11.4. The van der Waals surface area contributed by atoms with Crippen LogP contribution < -0.4 is 0 Å². The second kappa shape index (κ2) is 5.02. The number of benzene rings is 1. The molecule has 5 heteroatoms. The number of aryl methyl sites for hydroxylation is 1. The summed E-state index contributed by atoms with van der Waals surface area (Å²) in [6.45, 7) is 5.45. The van der Waals surface area contributed by atoms with Gasteiger partial charge >= 0.3 is 0 Å². The summed E-state index contributed by atoms with van der Waals surface area (Å²) in [5.74, 6) is -0.0612. The Bertz CT molecular complexity index is 604. The predicted molar refractivity (Wildman–Crippen MR) is 73.2 cm³/mol. The molecule has 0 spiro atoms. The van der Waals surface area contributed by atoms with Gasteiger partial charge in [-0.2, -0.15) is 0 Å². The molecule has 0 aliphatic carbocycles. The van der Waals surface area contributed by atoms with Gasteiger partial charge in [-0.15, -0.1) is 5.10 Å². The Morgan fingerprint density at radius 1 is 1.44 bits per heavy atom. The highest BCUT2D eigenvalue weighted by Gasteiger charge is 2.15. The highest BCUT2D eigenvalue weighted by atomic mass is 79.9. The highest BCUT2D eigenvalue weighted by molar-refractivity contribution is 9.10. The summed E-state index contributed by atoms with van der Waals surface area (Å²) in [7, 11) is 0. The third-order valence-electron chi connectivity index (χ3n) is 2.88. The molecule has 0 amide bonds. The number of carbonyl (C=O) groups excluding carboxylic acids is 1. The summed E-state index contributed by atoms with van der Waals surface area (Å²) < 4.78 is 2.76. The fraction of sp³-hybridized carbons (Fsp3) is 0.308. The maximum atomic E-state index is 11.4. The molecule has 0 radical (unpaired) electrons. The first-order valence-corrected chi connectivity index (χ1v) is 6.56. The SMILES string of the molecule is CCc1cc(Br)ccc1-n1nnc(C(C)=O)c1C. The second-order valence-corrected chi connectivity index (χ2v) is 5.03. The molecule has 0 unspecified atom stereocenters. The largest absolute Gasteiger partial charge is 0.293 e. The molecule has 0 aliphatic heterocycles. The van der Waals surface area contributed by atoms with Gasteiger partial charge in [-0.25, -0.2) is 4.68 Å². The van der Waals surface area contributed by atoms with Crippen molar-refractivity contribution >= 4 is 21.7 Å². The van der Waals surface area contributed by atoms with Crippen molar-refractivity contribution in [2.75, 3.05) is 0 Å². The second-order valence-electron chi connectivity index (χ2n) is 4.12. The van der Waals surface area contributed by atoms with Crippen molar-refractivity contribution in [2.45, 2.75) is 27.2 Å². The fourth-order valence-electron chi connectivity index (χ4n) is 1.93. The van der Waals surface area contributed by atoms with E-state index < -0.39 is 0 Å². The molecular formula is C13H14BrN3O. The Kier molecular flexibility index (Phi) is 3.61. The molecule has 4 nitrogen and oxygen atoms in total. The van der Waals surface area contributed by atoms with Gasteiger partial charge in [0.15, 0.2) is 11.5 Å². The van der Waals surface area contributed by atoms with E-state index >= 15 is 0 Å². The molecule has 0 N–H and O–H groups in total. The maximum absolute atomic E-state index is 11.4. The summed E-state index contributed by atoms with van der Waals surface area (Å²) in [5.41, 5.74) is 3.34. The van der Waals surface area contributed by atoms with Gasteiger partial charge in [-0.3, -0.25) is 4.79 Å². The van der Waals surface area contributed by atoms with Crippen molar-refractivity contribution < 1.29 is 4.79 Å². The zero-order valence-electron chi connectivity index (χ0n) is 10.6. The number of carbonyl (C=O) groups is 1. The lowest BCUT2D eigenvalue weighted by Crippen LogP contribution is -2.04. The molecule has 94 valence electrons. The Labute approximate surface area is 114 Å². The standard InChI is InChI=1S/C13H14BrN3O/c1-4-10-7-11(14)5-6-12(10)17-8(2)13(9(3)18)15-16-17/h5-7H,4H2,1-3H3. The van der Waals surface area contributed by atoms with E-state index in [1.807, 2.05) is 19.1 Å². The van der Waals surface area contributed by atoms with Crippen LogP contribution in [0.3, 0.4) is 0 Å². The van der Waals surface area contributed by atoms with Crippen LogP contribution in [0.15, 0.2) is 22.7 Å². The number of Topliss-reactive ketones (excluding diaryl/α,β-unsaturated/α-hetero) is 1. The summed E-state index contributed by atoms with van der Waals surface area (Å²) >= 11 is 3.46. The van der Waals surface area contributed by atoms with Gasteiger partial charge < -0.3 is 0 Å². The molecular weight excluding hydrogens is 294 g/mol. The normalized spacial score (nSPS) is 10.7. The minimum Gasteiger partial charge on any atom is -0.293 e. The smallest absolute Gasteiger partial charge is 0.181 e. The minimum absolute atomic E-state index is 0.0612. The quantitative estimate of drug-likeness (QED) is 0.819. The highest BCUT2D eigenvalue weighted by Crippen LogP contribution is 2.22. The minimum atomic E-state index is -0.0612. The lowest BCUT2D eigenvalue weighted by atomic mass is 10.1. The van der Waals surface area contributed by atoms with Gasteiger partial charge in [0.2, 0.25) is 0 Å². The summed E-state index contributed by atoms with van der Waals surface area (Å²) in [6.07, 6.45) is 0.892. The third kappa shape index (κ3) is 2.22. The van der Waals surface area contributed by atoms with E-state index in [0.717, 1.165) is 27.8 Å². The molecule has 2 rings (SSSR count). The molecule has 2 aromatic rings. The number of aromatic nitrogens is 3. The number of nitrogens with zero attached hydrogens (tertiary/aromatic N) is 3. The summed E-state index contributed by atoms with van der Waals surface area (Å²) in [5, 5.41) is 8.02. The number of halogens is 1. The zero-order valence-corrected chi connectivity index (χ0v) is 12.2. The molecule has 1 aromatic carbocycles. The van der Waals surface area contributed by atoms with Crippen molar-refractivity contribution in [3.63, 3.8) is 0 Å². The Morgan fingerprint density at radius 2 is 2.17 bits per heavy atom. The van der Waals surface area contributed by atoms with Gasteiger partial charge in [-0.05, 0) is 37.1 Å². The Morgan fingerprint density at radius 3 is 2.72 bits per heavy atom.